The van der Waals surface area contributed by atoms with Crippen LogP contribution in [0.2, 0.25) is 5.02 Å². The van der Waals surface area contributed by atoms with E-state index in [4.69, 9.17) is 21.1 Å². The van der Waals surface area contributed by atoms with E-state index in [9.17, 15) is 13.2 Å². The zero-order valence-electron chi connectivity index (χ0n) is 21.2. The van der Waals surface area contributed by atoms with Crippen molar-refractivity contribution in [3.8, 4) is 5.75 Å². The highest BCUT2D eigenvalue weighted by atomic mass is 35.5. The SMILES string of the molecule is CC(C)(C)OC(=O)N1CCc2ccc(NS(=O)(=O)c3ccc(COc4ccc(Cl)cc4)cc3)cc2CC1. The standard InChI is InChI=1S/C28H31ClN2O5S/c1-28(2,3)36-27(32)31-16-14-21-6-9-24(18-22(21)15-17-31)30-37(33,34)26-12-4-20(5-13-26)19-35-25-10-7-23(29)8-11-25/h4-13,18,30H,14-17,19H2,1-3H3. The molecule has 37 heavy (non-hydrogen) atoms. The number of nitrogens with zero attached hydrogens (tertiary/aromatic N) is 1. The van der Waals surface area contributed by atoms with Gasteiger partial charge in [-0.3, -0.25) is 4.72 Å². The van der Waals surface area contributed by atoms with Crippen LogP contribution in [0.4, 0.5) is 10.5 Å². The molecule has 0 fully saturated rings. The largest absolute Gasteiger partial charge is 0.489 e. The van der Waals surface area contributed by atoms with Crippen LogP contribution in [-0.4, -0.2) is 38.1 Å². The van der Waals surface area contributed by atoms with Crippen molar-refractivity contribution >= 4 is 33.4 Å². The third kappa shape index (κ3) is 7.40. The molecule has 0 atom stereocenters. The van der Waals surface area contributed by atoms with Crippen molar-refractivity contribution in [3.05, 3.63) is 88.4 Å². The topological polar surface area (TPSA) is 84.9 Å². The van der Waals surface area contributed by atoms with Crippen LogP contribution in [0.25, 0.3) is 0 Å². The normalized spacial score (nSPS) is 13.9. The second-order valence-corrected chi connectivity index (χ2v) is 12.1. The smallest absolute Gasteiger partial charge is 0.410 e. The number of anilines is 1. The van der Waals surface area contributed by atoms with Crippen LogP contribution in [0.3, 0.4) is 0 Å². The van der Waals surface area contributed by atoms with E-state index in [0.29, 0.717) is 49.0 Å². The number of hydrogen-bond donors (Lipinski definition) is 1. The van der Waals surface area contributed by atoms with Crippen molar-refractivity contribution < 1.29 is 22.7 Å². The highest BCUT2D eigenvalue weighted by molar-refractivity contribution is 7.92. The summed E-state index contributed by atoms with van der Waals surface area (Å²) in [6.07, 6.45) is 0.969. The number of benzene rings is 3. The van der Waals surface area contributed by atoms with Gasteiger partial charge in [0.2, 0.25) is 0 Å². The lowest BCUT2D eigenvalue weighted by atomic mass is 10.0. The molecule has 1 heterocycles. The summed E-state index contributed by atoms with van der Waals surface area (Å²) in [5.74, 6) is 0.681. The molecule has 0 aromatic heterocycles. The average molecular weight is 543 g/mol. The summed E-state index contributed by atoms with van der Waals surface area (Å²) in [6.45, 7) is 6.91. The fourth-order valence-corrected chi connectivity index (χ4v) is 5.15. The molecule has 0 saturated heterocycles. The fraction of sp³-hybridized carbons (Fsp3) is 0.321. The molecule has 1 amide bonds. The number of sulfonamides is 1. The number of amides is 1. The van der Waals surface area contributed by atoms with E-state index in [2.05, 4.69) is 4.72 Å². The second kappa shape index (κ2) is 11.0. The lowest BCUT2D eigenvalue weighted by Crippen LogP contribution is -2.38. The summed E-state index contributed by atoms with van der Waals surface area (Å²) in [5, 5.41) is 0.631. The maximum Gasteiger partial charge on any atom is 0.410 e. The summed E-state index contributed by atoms with van der Waals surface area (Å²) >= 11 is 5.89. The Morgan fingerprint density at radius 1 is 0.946 bits per heavy atom. The highest BCUT2D eigenvalue weighted by Crippen LogP contribution is 2.24. The van der Waals surface area contributed by atoms with Crippen LogP contribution in [0.5, 0.6) is 5.75 Å². The van der Waals surface area contributed by atoms with Gasteiger partial charge in [0, 0.05) is 23.8 Å². The van der Waals surface area contributed by atoms with E-state index >= 15 is 0 Å². The average Bonchev–Trinajstić information content (AvgIpc) is 3.05. The maximum atomic E-state index is 13.0. The molecule has 196 valence electrons. The van der Waals surface area contributed by atoms with Crippen LogP contribution in [0.1, 0.15) is 37.5 Å². The molecule has 0 bridgehead atoms. The Labute approximate surface area is 223 Å². The molecule has 1 aliphatic rings. The van der Waals surface area contributed by atoms with Gasteiger partial charge in [0.15, 0.2) is 0 Å². The molecule has 0 spiro atoms. The zero-order chi connectivity index (χ0) is 26.6. The van der Waals surface area contributed by atoms with Crippen LogP contribution in [0, 0.1) is 0 Å². The van der Waals surface area contributed by atoms with Gasteiger partial charge in [0.05, 0.1) is 4.90 Å². The molecule has 3 aromatic carbocycles. The summed E-state index contributed by atoms with van der Waals surface area (Å²) in [5.41, 5.74) is 2.89. The first-order valence-corrected chi connectivity index (χ1v) is 13.9. The number of halogens is 1. The molecule has 1 aliphatic heterocycles. The van der Waals surface area contributed by atoms with Crippen LogP contribution < -0.4 is 9.46 Å². The molecular formula is C28H31ClN2O5S. The molecule has 4 rings (SSSR count). The summed E-state index contributed by atoms with van der Waals surface area (Å²) in [6, 6.07) is 19.2. The minimum atomic E-state index is -3.77. The molecule has 1 N–H and O–H groups in total. The minimum Gasteiger partial charge on any atom is -0.489 e. The zero-order valence-corrected chi connectivity index (χ0v) is 22.7. The number of carbonyl (C=O) groups excluding carboxylic acids is 1. The number of hydrogen-bond acceptors (Lipinski definition) is 5. The lowest BCUT2D eigenvalue weighted by Gasteiger charge is -2.26. The molecule has 0 radical (unpaired) electrons. The van der Waals surface area contributed by atoms with Gasteiger partial charge in [0.1, 0.15) is 18.0 Å². The third-order valence-corrected chi connectivity index (χ3v) is 7.51. The van der Waals surface area contributed by atoms with E-state index in [1.54, 1.807) is 59.5 Å². The Morgan fingerprint density at radius 3 is 2.24 bits per heavy atom. The maximum absolute atomic E-state index is 13.0. The fourth-order valence-electron chi connectivity index (χ4n) is 3.97. The first-order valence-electron chi connectivity index (χ1n) is 12.1. The second-order valence-electron chi connectivity index (χ2n) is 9.94. The molecule has 0 aliphatic carbocycles. The molecule has 0 saturated carbocycles. The van der Waals surface area contributed by atoms with Crippen molar-refractivity contribution in [2.24, 2.45) is 0 Å². The van der Waals surface area contributed by atoms with E-state index in [1.807, 2.05) is 32.9 Å². The van der Waals surface area contributed by atoms with Crippen molar-refractivity contribution in [2.45, 2.75) is 50.7 Å². The number of fused-ring (bicyclic) bond motifs is 1. The molecule has 0 unspecified atom stereocenters. The number of carbonyl (C=O) groups is 1. The van der Waals surface area contributed by atoms with Crippen molar-refractivity contribution in [1.29, 1.82) is 0 Å². The predicted molar refractivity (Wildman–Crippen MR) is 145 cm³/mol. The van der Waals surface area contributed by atoms with Gasteiger partial charge in [-0.15, -0.1) is 0 Å². The van der Waals surface area contributed by atoms with E-state index < -0.39 is 15.6 Å². The van der Waals surface area contributed by atoms with Gasteiger partial charge in [-0.2, -0.15) is 0 Å². The van der Waals surface area contributed by atoms with E-state index in [-0.39, 0.29) is 11.0 Å². The molecule has 9 heteroatoms. The van der Waals surface area contributed by atoms with Gasteiger partial charge in [-0.25, -0.2) is 13.2 Å². The quantitative estimate of drug-likeness (QED) is 0.409. The lowest BCUT2D eigenvalue weighted by molar-refractivity contribution is 0.0258. The van der Waals surface area contributed by atoms with Crippen LogP contribution in [-0.2, 0) is 34.2 Å². The number of nitrogens with one attached hydrogen (secondary N) is 1. The predicted octanol–water partition coefficient (Wildman–Crippen LogP) is 6.06. The molecular weight excluding hydrogens is 512 g/mol. The Morgan fingerprint density at radius 2 is 1.59 bits per heavy atom. The van der Waals surface area contributed by atoms with Gasteiger partial charge < -0.3 is 14.4 Å². The van der Waals surface area contributed by atoms with Gasteiger partial charge in [-0.1, -0.05) is 29.8 Å². The summed E-state index contributed by atoms with van der Waals surface area (Å²) in [7, 11) is -3.77. The van der Waals surface area contributed by atoms with Crippen molar-refractivity contribution in [3.63, 3.8) is 0 Å². The highest BCUT2D eigenvalue weighted by Gasteiger charge is 2.24. The number of rotatable bonds is 6. The van der Waals surface area contributed by atoms with Crippen molar-refractivity contribution in [1.82, 2.24) is 4.90 Å². The Hall–Kier alpha value is -3.23. The Balaban J connectivity index is 1.38. The third-order valence-electron chi connectivity index (χ3n) is 5.87. The summed E-state index contributed by atoms with van der Waals surface area (Å²) < 4.78 is 39.9. The van der Waals surface area contributed by atoms with Crippen molar-refractivity contribution in [2.75, 3.05) is 17.8 Å². The minimum absolute atomic E-state index is 0.161. The van der Waals surface area contributed by atoms with Crippen LogP contribution in [0.15, 0.2) is 71.6 Å². The van der Waals surface area contributed by atoms with E-state index in [0.717, 1.165) is 16.7 Å². The Kier molecular flexibility index (Phi) is 7.99. The first-order chi connectivity index (χ1) is 17.5. The number of ether oxygens (including phenoxy) is 2. The molecule has 3 aromatic rings. The van der Waals surface area contributed by atoms with Gasteiger partial charge >= 0.3 is 6.09 Å². The van der Waals surface area contributed by atoms with Gasteiger partial charge in [0.25, 0.3) is 10.0 Å². The van der Waals surface area contributed by atoms with Crippen LogP contribution >= 0.6 is 11.6 Å². The summed E-state index contributed by atoms with van der Waals surface area (Å²) in [4.78, 5) is 14.3. The first kappa shape index (κ1) is 26.8. The van der Waals surface area contributed by atoms with Gasteiger partial charge in [-0.05, 0) is 98.8 Å². The Bertz CT molecular complexity index is 1350. The van der Waals surface area contributed by atoms with E-state index in [1.165, 1.54) is 0 Å². The monoisotopic (exact) mass is 542 g/mol. The molecule has 7 nitrogen and oxygen atoms in total.